The molecule has 5 atom stereocenters. The summed E-state index contributed by atoms with van der Waals surface area (Å²) in [6, 6.07) is 28.4. The van der Waals surface area contributed by atoms with E-state index in [1.54, 1.807) is 12.2 Å². The van der Waals surface area contributed by atoms with E-state index < -0.39 is 53.3 Å². The molecule has 0 amide bonds. The first kappa shape index (κ1) is 38.8. The summed E-state index contributed by atoms with van der Waals surface area (Å²) in [6.07, 6.45) is 4.49. The van der Waals surface area contributed by atoms with Gasteiger partial charge in [0.05, 0.1) is 17.3 Å². The molecule has 0 heterocycles. The highest BCUT2D eigenvalue weighted by Crippen LogP contribution is 2.63. The Hall–Kier alpha value is -6.46. The van der Waals surface area contributed by atoms with Gasteiger partial charge in [0.15, 0.2) is 6.10 Å². The van der Waals surface area contributed by atoms with E-state index in [0.29, 0.717) is 11.5 Å². The monoisotopic (exact) mass is 770 g/mol. The minimum Gasteiger partial charge on any atom is -0.491 e. The van der Waals surface area contributed by atoms with Gasteiger partial charge in [-0.15, -0.1) is 0 Å². The van der Waals surface area contributed by atoms with Crippen LogP contribution in [-0.2, 0) is 43.5 Å². The predicted molar refractivity (Wildman–Crippen MR) is 210 cm³/mol. The minimum atomic E-state index is -1.08. The van der Waals surface area contributed by atoms with Crippen LogP contribution in [0, 0.1) is 11.8 Å². The second-order valence-corrected chi connectivity index (χ2v) is 14.0. The molecule has 0 radical (unpaired) electrons. The highest BCUT2D eigenvalue weighted by atomic mass is 16.6. The molecule has 0 fully saturated rings. The summed E-state index contributed by atoms with van der Waals surface area (Å²) in [5.41, 5.74) is 7.60. The van der Waals surface area contributed by atoms with Crippen molar-refractivity contribution in [1.82, 2.24) is 0 Å². The third-order valence-corrected chi connectivity index (χ3v) is 10.7. The van der Waals surface area contributed by atoms with Gasteiger partial charge in [0.25, 0.3) is 0 Å². The first-order valence-corrected chi connectivity index (χ1v) is 18.6. The van der Waals surface area contributed by atoms with E-state index in [1.807, 2.05) is 54.6 Å². The molecule has 5 unspecified atom stereocenters. The van der Waals surface area contributed by atoms with Crippen LogP contribution < -0.4 is 9.47 Å². The van der Waals surface area contributed by atoms with E-state index >= 15 is 0 Å². The summed E-state index contributed by atoms with van der Waals surface area (Å²) in [5.74, 6) is -3.77. The topological polar surface area (TPSA) is 144 Å². The number of carboxylic acids is 1. The lowest BCUT2D eigenvalue weighted by atomic mass is 9.70. The molecule has 57 heavy (non-hydrogen) atoms. The number of methoxy groups -OCH3 is 1. The Kier molecular flexibility index (Phi) is 11.4. The van der Waals surface area contributed by atoms with Crippen LogP contribution in [-0.4, -0.2) is 74.7 Å². The minimum absolute atomic E-state index is 0.00270. The van der Waals surface area contributed by atoms with Crippen LogP contribution in [0.15, 0.2) is 122 Å². The summed E-state index contributed by atoms with van der Waals surface area (Å²) >= 11 is 0. The van der Waals surface area contributed by atoms with Gasteiger partial charge in [-0.1, -0.05) is 86.0 Å². The summed E-state index contributed by atoms with van der Waals surface area (Å²) < 4.78 is 34.4. The number of esters is 3. The van der Waals surface area contributed by atoms with Gasteiger partial charge in [-0.25, -0.2) is 9.59 Å². The van der Waals surface area contributed by atoms with Crippen molar-refractivity contribution < 1.29 is 52.7 Å². The quantitative estimate of drug-likeness (QED) is 0.0478. The molecule has 0 saturated carbocycles. The van der Waals surface area contributed by atoms with Crippen molar-refractivity contribution in [2.24, 2.45) is 11.8 Å². The van der Waals surface area contributed by atoms with Gasteiger partial charge in [0, 0.05) is 19.3 Å². The van der Waals surface area contributed by atoms with Gasteiger partial charge in [-0.3, -0.25) is 9.59 Å². The molecular formula is C46H42O11. The van der Waals surface area contributed by atoms with Crippen molar-refractivity contribution >= 4 is 23.9 Å². The molecular weight excluding hydrogens is 728 g/mol. The van der Waals surface area contributed by atoms with Crippen LogP contribution in [0.3, 0.4) is 0 Å². The van der Waals surface area contributed by atoms with Gasteiger partial charge in [-0.2, -0.15) is 0 Å². The van der Waals surface area contributed by atoms with Gasteiger partial charge < -0.3 is 33.5 Å². The van der Waals surface area contributed by atoms with Crippen LogP contribution in [0.5, 0.6) is 11.5 Å². The van der Waals surface area contributed by atoms with Gasteiger partial charge >= 0.3 is 23.9 Å². The number of hydrogen-bond donors (Lipinski definition) is 1. The number of rotatable bonds is 16. The second kappa shape index (κ2) is 16.7. The van der Waals surface area contributed by atoms with Crippen LogP contribution in [0.4, 0.5) is 0 Å². The van der Waals surface area contributed by atoms with Crippen LogP contribution in [0.2, 0.25) is 0 Å². The average molecular weight is 771 g/mol. The van der Waals surface area contributed by atoms with E-state index in [-0.39, 0.29) is 39.3 Å². The van der Waals surface area contributed by atoms with Crippen LogP contribution in [0.1, 0.15) is 35.1 Å². The molecule has 11 heteroatoms. The van der Waals surface area contributed by atoms with Gasteiger partial charge in [-0.05, 0) is 81.6 Å². The molecule has 4 aromatic rings. The predicted octanol–water partition coefficient (Wildman–Crippen LogP) is 6.84. The molecule has 0 bridgehead atoms. The number of carboxylic acid groups (broad SMARTS) is 1. The van der Waals surface area contributed by atoms with Crippen molar-refractivity contribution in [3.8, 4) is 33.8 Å². The van der Waals surface area contributed by atoms with E-state index in [4.69, 9.17) is 28.4 Å². The molecule has 292 valence electrons. The smallest absolute Gasteiger partial charge is 0.330 e. The zero-order valence-corrected chi connectivity index (χ0v) is 31.4. The Balaban J connectivity index is 1.22. The summed E-state index contributed by atoms with van der Waals surface area (Å²) in [6.45, 7) is 6.51. The number of fused-ring (bicyclic) bond motifs is 10. The average Bonchev–Trinajstić information content (AvgIpc) is 3.70. The zero-order valence-electron chi connectivity index (χ0n) is 31.4. The molecule has 4 aromatic carbocycles. The van der Waals surface area contributed by atoms with Gasteiger partial charge in [0.2, 0.25) is 0 Å². The molecule has 7 rings (SSSR count). The van der Waals surface area contributed by atoms with E-state index in [1.165, 1.54) is 7.11 Å². The number of carbonyl (C=O) groups excluding carboxylic acids is 3. The lowest BCUT2D eigenvalue weighted by molar-refractivity contribution is -0.167. The second-order valence-electron chi connectivity index (χ2n) is 14.0. The van der Waals surface area contributed by atoms with Crippen molar-refractivity contribution in [3.05, 3.63) is 145 Å². The fourth-order valence-electron chi connectivity index (χ4n) is 8.02. The van der Waals surface area contributed by atoms with Crippen molar-refractivity contribution in [2.75, 3.05) is 33.5 Å². The fourth-order valence-corrected chi connectivity index (χ4v) is 8.02. The standard InChI is InChI=1S/C46H42O11/c1-4-42(47)55-25-30(52-3)24-53-28-18-20-34-32-12-8-10-16-38(32)46(40(34)22-28)39-17-11-9-13-33(39)35-21-19-29(23-41(35)46)54-26-31(27-56-43(48)5-2)57-45(51)37-15-7-6-14-36(37)44(49)50/h4-13,16-23,30-31,36-37H,1-2,14-15,24-27H2,3H3,(H,49,50). The maximum Gasteiger partial charge on any atom is 0.330 e. The number of hydrogen-bond acceptors (Lipinski definition) is 10. The molecule has 0 aromatic heterocycles. The summed E-state index contributed by atoms with van der Waals surface area (Å²) in [7, 11) is 1.53. The lowest BCUT2D eigenvalue weighted by Gasteiger charge is -2.31. The number of allylic oxidation sites excluding steroid dienone is 2. The largest absolute Gasteiger partial charge is 0.491 e. The molecule has 0 aliphatic heterocycles. The number of benzene rings is 4. The SMILES string of the molecule is C=CC(=O)OCC(COc1ccc2c(c1)C1(c3ccccc3-2)c2ccccc2-c2ccc(OCC(COC(=O)C=C)OC(=O)C3CC=CCC3C(=O)O)cc21)OC. The molecule has 3 aliphatic carbocycles. The fraction of sp³-hybridized carbons (Fsp3) is 0.261. The molecule has 11 nitrogen and oxygen atoms in total. The number of carbonyl (C=O) groups is 4. The Morgan fingerprint density at radius 3 is 1.65 bits per heavy atom. The third-order valence-electron chi connectivity index (χ3n) is 10.7. The Morgan fingerprint density at radius 1 is 0.667 bits per heavy atom. The Labute approximate surface area is 330 Å². The van der Waals surface area contributed by atoms with Gasteiger partial charge in [0.1, 0.15) is 44.0 Å². The van der Waals surface area contributed by atoms with E-state index in [0.717, 1.165) is 56.7 Å². The maximum absolute atomic E-state index is 13.4. The van der Waals surface area contributed by atoms with E-state index in [9.17, 15) is 24.3 Å². The first-order valence-electron chi connectivity index (χ1n) is 18.6. The van der Waals surface area contributed by atoms with E-state index in [2.05, 4.69) is 43.5 Å². The third kappa shape index (κ3) is 7.46. The number of aliphatic carboxylic acids is 1. The normalized spacial score (nSPS) is 19.2. The lowest BCUT2D eigenvalue weighted by Crippen LogP contribution is -2.37. The maximum atomic E-state index is 13.4. The number of ether oxygens (including phenoxy) is 6. The molecule has 1 N–H and O–H groups in total. The zero-order chi connectivity index (χ0) is 40.1. The van der Waals surface area contributed by atoms with Crippen molar-refractivity contribution in [1.29, 1.82) is 0 Å². The highest BCUT2D eigenvalue weighted by Gasteiger charge is 2.52. The van der Waals surface area contributed by atoms with Crippen molar-refractivity contribution in [2.45, 2.75) is 30.5 Å². The Bertz CT molecular complexity index is 2240. The summed E-state index contributed by atoms with van der Waals surface area (Å²) in [4.78, 5) is 49.0. The first-order chi connectivity index (χ1) is 27.7. The highest BCUT2D eigenvalue weighted by molar-refractivity contribution is 5.95. The Morgan fingerprint density at radius 2 is 1.14 bits per heavy atom. The van der Waals surface area contributed by atoms with Crippen LogP contribution in [0.25, 0.3) is 22.3 Å². The van der Waals surface area contributed by atoms with Crippen LogP contribution >= 0.6 is 0 Å². The summed E-state index contributed by atoms with van der Waals surface area (Å²) in [5, 5.41) is 9.75. The molecule has 1 spiro atoms. The molecule has 0 saturated heterocycles. The molecule has 3 aliphatic rings. The van der Waals surface area contributed by atoms with Crippen molar-refractivity contribution in [3.63, 3.8) is 0 Å².